The number of aryl methyl sites for hydroxylation is 1. The number of nitrogens with zero attached hydrogens (tertiary/aromatic N) is 1. The molecule has 0 saturated heterocycles. The Kier molecular flexibility index (Phi) is 5.35. The van der Waals surface area contributed by atoms with Gasteiger partial charge in [-0.05, 0) is 31.0 Å². The van der Waals surface area contributed by atoms with Crippen molar-refractivity contribution in [3.05, 3.63) is 65.9 Å². The highest BCUT2D eigenvalue weighted by Gasteiger charge is 2.60. The molecule has 7 nitrogen and oxygen atoms in total. The molecule has 30 heavy (non-hydrogen) atoms. The third-order valence-corrected chi connectivity index (χ3v) is 5.47. The van der Waals surface area contributed by atoms with E-state index in [0.717, 1.165) is 5.56 Å². The molecular weight excluding hydrogens is 384 g/mol. The standard InChI is InChI=1S/C23H24N2O5/c1-15-11-21(25-30-15)24-22(26)18-13-23(18,16-7-5-4-6-8-16)14-29-17-9-10-19(27-2)20(12-17)28-3/h4-12,18H,13-14H2,1-3H3,(H,24,25,26). The van der Waals surface area contributed by atoms with E-state index < -0.39 is 5.41 Å². The fraction of sp³-hybridized carbons (Fsp3) is 0.304. The minimum atomic E-state index is -0.405. The van der Waals surface area contributed by atoms with Crippen molar-refractivity contribution in [2.45, 2.75) is 18.8 Å². The van der Waals surface area contributed by atoms with Crippen LogP contribution in [0.15, 0.2) is 59.1 Å². The van der Waals surface area contributed by atoms with E-state index in [1.165, 1.54) is 0 Å². The topological polar surface area (TPSA) is 82.8 Å². The molecule has 1 fully saturated rings. The molecule has 1 aromatic heterocycles. The summed E-state index contributed by atoms with van der Waals surface area (Å²) in [4.78, 5) is 12.9. The fourth-order valence-electron chi connectivity index (χ4n) is 3.74. The number of aromatic nitrogens is 1. The number of hydrogen-bond acceptors (Lipinski definition) is 6. The van der Waals surface area contributed by atoms with Crippen molar-refractivity contribution in [1.82, 2.24) is 5.16 Å². The van der Waals surface area contributed by atoms with Crippen LogP contribution in [0.1, 0.15) is 17.7 Å². The van der Waals surface area contributed by atoms with Crippen LogP contribution in [0.25, 0.3) is 0 Å². The van der Waals surface area contributed by atoms with Crippen molar-refractivity contribution in [3.8, 4) is 17.2 Å². The second-order valence-corrected chi connectivity index (χ2v) is 7.40. The van der Waals surface area contributed by atoms with E-state index in [0.29, 0.717) is 41.9 Å². The van der Waals surface area contributed by atoms with E-state index in [1.807, 2.05) is 36.4 Å². The first-order valence-corrected chi connectivity index (χ1v) is 9.70. The average Bonchev–Trinajstić information content (AvgIpc) is 3.39. The molecule has 156 valence electrons. The predicted molar refractivity (Wildman–Crippen MR) is 111 cm³/mol. The zero-order valence-corrected chi connectivity index (χ0v) is 17.2. The number of amides is 1. The quantitative estimate of drug-likeness (QED) is 0.607. The molecule has 0 spiro atoms. The maximum atomic E-state index is 12.9. The van der Waals surface area contributed by atoms with Crippen LogP contribution in [0.2, 0.25) is 0 Å². The zero-order chi connectivity index (χ0) is 21.1. The van der Waals surface area contributed by atoms with Crippen LogP contribution in [0.3, 0.4) is 0 Å². The van der Waals surface area contributed by atoms with Crippen molar-refractivity contribution in [3.63, 3.8) is 0 Å². The molecule has 2 unspecified atom stereocenters. The molecule has 1 aliphatic carbocycles. The number of methoxy groups -OCH3 is 2. The van der Waals surface area contributed by atoms with Crippen LogP contribution in [0.5, 0.6) is 17.2 Å². The van der Waals surface area contributed by atoms with Gasteiger partial charge in [-0.15, -0.1) is 0 Å². The molecule has 1 heterocycles. The van der Waals surface area contributed by atoms with E-state index in [1.54, 1.807) is 39.3 Å². The molecule has 0 aliphatic heterocycles. The minimum Gasteiger partial charge on any atom is -0.493 e. The van der Waals surface area contributed by atoms with Gasteiger partial charge in [0, 0.05) is 17.5 Å². The van der Waals surface area contributed by atoms with Crippen LogP contribution in [0.4, 0.5) is 5.82 Å². The van der Waals surface area contributed by atoms with Crippen molar-refractivity contribution >= 4 is 11.7 Å². The molecule has 0 bridgehead atoms. The van der Waals surface area contributed by atoms with Gasteiger partial charge in [-0.2, -0.15) is 0 Å². The molecule has 1 aliphatic rings. The Hall–Kier alpha value is -3.48. The Morgan fingerprint density at radius 2 is 1.90 bits per heavy atom. The minimum absolute atomic E-state index is 0.0944. The fourth-order valence-corrected chi connectivity index (χ4v) is 3.74. The van der Waals surface area contributed by atoms with Crippen LogP contribution in [-0.2, 0) is 10.2 Å². The van der Waals surface area contributed by atoms with Gasteiger partial charge in [0.1, 0.15) is 11.5 Å². The first-order chi connectivity index (χ1) is 14.6. The first-order valence-electron chi connectivity index (χ1n) is 9.70. The molecule has 3 aromatic rings. The molecule has 2 atom stereocenters. The van der Waals surface area contributed by atoms with E-state index in [2.05, 4.69) is 10.5 Å². The lowest BCUT2D eigenvalue weighted by Crippen LogP contribution is -2.26. The van der Waals surface area contributed by atoms with Crippen LogP contribution in [0, 0.1) is 12.8 Å². The SMILES string of the molecule is COc1ccc(OCC2(c3ccccc3)CC2C(=O)Nc2cc(C)on2)cc1OC. The number of hydrogen-bond donors (Lipinski definition) is 1. The highest BCUT2D eigenvalue weighted by molar-refractivity contribution is 5.95. The Bertz CT molecular complexity index is 1030. The van der Waals surface area contributed by atoms with Crippen LogP contribution in [-0.4, -0.2) is 31.9 Å². The van der Waals surface area contributed by atoms with Gasteiger partial charge in [0.05, 0.1) is 26.7 Å². The summed E-state index contributed by atoms with van der Waals surface area (Å²) in [6.07, 6.45) is 0.687. The van der Waals surface area contributed by atoms with E-state index in [4.69, 9.17) is 18.7 Å². The number of anilines is 1. The molecule has 1 amide bonds. The number of rotatable bonds is 8. The van der Waals surface area contributed by atoms with E-state index in [-0.39, 0.29) is 11.8 Å². The lowest BCUT2D eigenvalue weighted by atomic mass is 9.93. The molecule has 1 N–H and O–H groups in total. The monoisotopic (exact) mass is 408 g/mol. The van der Waals surface area contributed by atoms with Crippen molar-refractivity contribution in [2.24, 2.45) is 5.92 Å². The third kappa shape index (κ3) is 3.83. The van der Waals surface area contributed by atoms with Gasteiger partial charge in [0.25, 0.3) is 0 Å². The Balaban J connectivity index is 1.53. The normalized spacial score (nSPS) is 19.8. The average molecular weight is 408 g/mol. The predicted octanol–water partition coefficient (Wildman–Crippen LogP) is 3.98. The van der Waals surface area contributed by atoms with Crippen molar-refractivity contribution < 1.29 is 23.5 Å². The molecule has 2 aromatic carbocycles. The maximum absolute atomic E-state index is 12.9. The summed E-state index contributed by atoms with van der Waals surface area (Å²) in [6.45, 7) is 2.15. The Morgan fingerprint density at radius 3 is 2.57 bits per heavy atom. The van der Waals surface area contributed by atoms with Crippen molar-refractivity contribution in [1.29, 1.82) is 0 Å². The summed E-state index contributed by atoms with van der Waals surface area (Å²) in [5.41, 5.74) is 0.666. The van der Waals surface area contributed by atoms with Gasteiger partial charge < -0.3 is 24.1 Å². The molecule has 4 rings (SSSR count). The van der Waals surface area contributed by atoms with E-state index >= 15 is 0 Å². The number of ether oxygens (including phenoxy) is 3. The van der Waals surface area contributed by atoms with Gasteiger partial charge in [-0.3, -0.25) is 4.79 Å². The number of carbonyl (C=O) groups excluding carboxylic acids is 1. The smallest absolute Gasteiger partial charge is 0.229 e. The summed E-state index contributed by atoms with van der Waals surface area (Å²) in [5.74, 6) is 2.63. The second-order valence-electron chi connectivity index (χ2n) is 7.40. The summed E-state index contributed by atoms with van der Waals surface area (Å²) in [7, 11) is 3.17. The van der Waals surface area contributed by atoms with Gasteiger partial charge in [0.15, 0.2) is 17.3 Å². The largest absolute Gasteiger partial charge is 0.493 e. The Morgan fingerprint density at radius 1 is 1.13 bits per heavy atom. The lowest BCUT2D eigenvalue weighted by molar-refractivity contribution is -0.117. The summed E-state index contributed by atoms with van der Waals surface area (Å²) >= 11 is 0. The molecule has 0 radical (unpaired) electrons. The molecule has 7 heteroatoms. The van der Waals surface area contributed by atoms with Gasteiger partial charge >= 0.3 is 0 Å². The second kappa shape index (κ2) is 8.10. The molecule has 1 saturated carbocycles. The highest BCUT2D eigenvalue weighted by atomic mass is 16.5. The summed E-state index contributed by atoms with van der Waals surface area (Å²) in [6, 6.07) is 17.1. The van der Waals surface area contributed by atoms with Crippen molar-refractivity contribution in [2.75, 3.05) is 26.1 Å². The van der Waals surface area contributed by atoms with Crippen LogP contribution >= 0.6 is 0 Å². The first kappa shape index (κ1) is 19.8. The van der Waals surface area contributed by atoms with E-state index in [9.17, 15) is 4.79 Å². The highest BCUT2D eigenvalue weighted by Crippen LogP contribution is 2.55. The zero-order valence-electron chi connectivity index (χ0n) is 17.2. The summed E-state index contributed by atoms with van der Waals surface area (Å²) in [5, 5.41) is 6.70. The molecular formula is C23H24N2O5. The number of benzene rings is 2. The Labute approximate surface area is 174 Å². The van der Waals surface area contributed by atoms with Gasteiger partial charge in [-0.1, -0.05) is 35.5 Å². The summed E-state index contributed by atoms with van der Waals surface area (Å²) < 4.78 is 21.8. The maximum Gasteiger partial charge on any atom is 0.229 e. The third-order valence-electron chi connectivity index (χ3n) is 5.47. The number of nitrogens with one attached hydrogen (secondary N) is 1. The van der Waals surface area contributed by atoms with Gasteiger partial charge in [0.2, 0.25) is 5.91 Å². The van der Waals surface area contributed by atoms with Gasteiger partial charge in [-0.25, -0.2) is 0 Å². The lowest BCUT2D eigenvalue weighted by Gasteiger charge is -2.19. The van der Waals surface area contributed by atoms with Crippen LogP contribution < -0.4 is 19.5 Å². The number of carbonyl (C=O) groups is 1.